The van der Waals surface area contributed by atoms with E-state index in [9.17, 15) is 13.6 Å². The quantitative estimate of drug-likeness (QED) is 0.922. The van der Waals surface area contributed by atoms with Crippen molar-refractivity contribution in [1.82, 2.24) is 0 Å². The number of hydrogen-bond acceptors (Lipinski definition) is 2. The fourth-order valence-corrected chi connectivity index (χ4v) is 2.21. The second kappa shape index (κ2) is 5.14. The standard InChI is InChI=1S/C12H9F2NO2S/c13-9-4-3-8(10(14)6-9)7-15(12(16)17)11-2-1-5-18-11/h1-6H,7H2,(H,16,17). The lowest BCUT2D eigenvalue weighted by atomic mass is 10.2. The minimum absolute atomic E-state index is 0.132. The van der Waals surface area contributed by atoms with Crippen LogP contribution in [0.2, 0.25) is 0 Å². The molecule has 18 heavy (non-hydrogen) atoms. The Morgan fingerprint density at radius 1 is 1.33 bits per heavy atom. The molecule has 0 unspecified atom stereocenters. The van der Waals surface area contributed by atoms with Crippen LogP contribution in [0.25, 0.3) is 0 Å². The molecular weight excluding hydrogens is 260 g/mol. The van der Waals surface area contributed by atoms with Crippen molar-refractivity contribution >= 4 is 22.4 Å². The molecule has 0 atom stereocenters. The fraction of sp³-hybridized carbons (Fsp3) is 0.0833. The van der Waals surface area contributed by atoms with E-state index in [-0.39, 0.29) is 12.1 Å². The van der Waals surface area contributed by atoms with Crippen LogP contribution in [0.15, 0.2) is 35.7 Å². The molecule has 0 radical (unpaired) electrons. The molecule has 3 nitrogen and oxygen atoms in total. The Bertz CT molecular complexity index is 557. The van der Waals surface area contributed by atoms with E-state index in [2.05, 4.69) is 0 Å². The van der Waals surface area contributed by atoms with Gasteiger partial charge in [0.25, 0.3) is 0 Å². The van der Waals surface area contributed by atoms with Crippen LogP contribution in [0.5, 0.6) is 0 Å². The zero-order valence-corrected chi connectivity index (χ0v) is 9.95. The molecule has 2 rings (SSSR count). The van der Waals surface area contributed by atoms with Gasteiger partial charge in [0.05, 0.1) is 6.54 Å². The summed E-state index contributed by atoms with van der Waals surface area (Å²) in [7, 11) is 0. The van der Waals surface area contributed by atoms with Gasteiger partial charge >= 0.3 is 6.09 Å². The third kappa shape index (κ3) is 2.65. The first-order chi connectivity index (χ1) is 8.58. The summed E-state index contributed by atoms with van der Waals surface area (Å²) in [5, 5.41) is 11.3. The number of anilines is 1. The highest BCUT2D eigenvalue weighted by atomic mass is 32.1. The van der Waals surface area contributed by atoms with Gasteiger partial charge in [-0.3, -0.25) is 4.90 Å². The second-order valence-corrected chi connectivity index (χ2v) is 4.48. The van der Waals surface area contributed by atoms with Crippen molar-refractivity contribution in [3.05, 3.63) is 52.9 Å². The van der Waals surface area contributed by atoms with E-state index < -0.39 is 17.7 Å². The first kappa shape index (κ1) is 12.5. The summed E-state index contributed by atoms with van der Waals surface area (Å²) in [5.41, 5.74) is 0.132. The zero-order valence-electron chi connectivity index (χ0n) is 9.14. The normalized spacial score (nSPS) is 10.3. The summed E-state index contributed by atoms with van der Waals surface area (Å²) in [5.74, 6) is -1.44. The van der Waals surface area contributed by atoms with E-state index in [1.54, 1.807) is 17.5 Å². The Morgan fingerprint density at radius 2 is 2.11 bits per heavy atom. The Labute approximate surface area is 106 Å². The van der Waals surface area contributed by atoms with Crippen LogP contribution in [0.1, 0.15) is 5.56 Å². The van der Waals surface area contributed by atoms with Gasteiger partial charge in [-0.15, -0.1) is 11.3 Å². The van der Waals surface area contributed by atoms with E-state index >= 15 is 0 Å². The highest BCUT2D eigenvalue weighted by molar-refractivity contribution is 7.14. The summed E-state index contributed by atoms with van der Waals surface area (Å²) in [6.07, 6.45) is -1.18. The Kier molecular flexibility index (Phi) is 3.57. The number of nitrogens with zero attached hydrogens (tertiary/aromatic N) is 1. The molecule has 0 spiro atoms. The van der Waals surface area contributed by atoms with Gasteiger partial charge in [-0.1, -0.05) is 6.07 Å². The lowest BCUT2D eigenvalue weighted by Crippen LogP contribution is -2.28. The third-order valence-electron chi connectivity index (χ3n) is 2.35. The Balaban J connectivity index is 2.27. The van der Waals surface area contributed by atoms with Crippen LogP contribution in [0.4, 0.5) is 18.6 Å². The Hall–Kier alpha value is -1.95. The SMILES string of the molecule is O=C(O)N(Cc1ccc(F)cc1F)c1cccs1. The minimum Gasteiger partial charge on any atom is -0.465 e. The van der Waals surface area contributed by atoms with Gasteiger partial charge in [-0.2, -0.15) is 0 Å². The van der Waals surface area contributed by atoms with Gasteiger partial charge in [0, 0.05) is 11.6 Å². The lowest BCUT2D eigenvalue weighted by molar-refractivity contribution is 0.201. The molecule has 2 aromatic rings. The van der Waals surface area contributed by atoms with Crippen LogP contribution < -0.4 is 4.90 Å². The Morgan fingerprint density at radius 3 is 2.67 bits per heavy atom. The van der Waals surface area contributed by atoms with Crippen LogP contribution in [-0.2, 0) is 6.54 Å². The fourth-order valence-electron chi connectivity index (χ4n) is 1.48. The predicted molar refractivity (Wildman–Crippen MR) is 64.9 cm³/mol. The number of amides is 1. The number of benzene rings is 1. The molecule has 0 saturated heterocycles. The molecule has 1 aromatic heterocycles. The lowest BCUT2D eigenvalue weighted by Gasteiger charge is -2.17. The van der Waals surface area contributed by atoms with Crippen molar-refractivity contribution in [1.29, 1.82) is 0 Å². The number of rotatable bonds is 3. The largest absolute Gasteiger partial charge is 0.465 e. The van der Waals surface area contributed by atoms with E-state index in [1.807, 2.05) is 0 Å². The molecule has 6 heteroatoms. The highest BCUT2D eigenvalue weighted by Gasteiger charge is 2.17. The summed E-state index contributed by atoms with van der Waals surface area (Å²) < 4.78 is 26.2. The molecule has 0 aliphatic carbocycles. The summed E-state index contributed by atoms with van der Waals surface area (Å²) in [4.78, 5) is 12.1. The van der Waals surface area contributed by atoms with Crippen molar-refractivity contribution in [3.63, 3.8) is 0 Å². The number of thiophene rings is 1. The van der Waals surface area contributed by atoms with E-state index in [4.69, 9.17) is 5.11 Å². The van der Waals surface area contributed by atoms with Gasteiger partial charge in [-0.25, -0.2) is 13.6 Å². The van der Waals surface area contributed by atoms with Crippen molar-refractivity contribution in [3.8, 4) is 0 Å². The van der Waals surface area contributed by atoms with Crippen LogP contribution in [-0.4, -0.2) is 11.2 Å². The summed E-state index contributed by atoms with van der Waals surface area (Å²) >= 11 is 1.24. The monoisotopic (exact) mass is 269 g/mol. The predicted octanol–water partition coefficient (Wildman–Crippen LogP) is 3.71. The number of carbonyl (C=O) groups is 1. The van der Waals surface area contributed by atoms with Gasteiger partial charge in [0.2, 0.25) is 0 Å². The third-order valence-corrected chi connectivity index (χ3v) is 3.24. The van der Waals surface area contributed by atoms with Gasteiger partial charge in [0.1, 0.15) is 16.6 Å². The summed E-state index contributed by atoms with van der Waals surface area (Å²) in [6, 6.07) is 6.42. The topological polar surface area (TPSA) is 40.5 Å². The molecule has 0 bridgehead atoms. The average Bonchev–Trinajstić information content (AvgIpc) is 2.80. The van der Waals surface area contributed by atoms with Gasteiger partial charge in [-0.05, 0) is 23.6 Å². The van der Waals surface area contributed by atoms with Gasteiger partial charge < -0.3 is 5.11 Å². The van der Waals surface area contributed by atoms with Crippen molar-refractivity contribution in [2.24, 2.45) is 0 Å². The first-order valence-corrected chi connectivity index (χ1v) is 5.94. The van der Waals surface area contributed by atoms with E-state index in [1.165, 1.54) is 17.4 Å². The maximum absolute atomic E-state index is 13.5. The molecule has 1 amide bonds. The second-order valence-electron chi connectivity index (χ2n) is 3.56. The molecule has 94 valence electrons. The molecule has 1 N–H and O–H groups in total. The smallest absolute Gasteiger partial charge is 0.412 e. The van der Waals surface area contributed by atoms with Gasteiger partial charge in [0.15, 0.2) is 0 Å². The van der Waals surface area contributed by atoms with E-state index in [0.29, 0.717) is 5.00 Å². The molecular formula is C12H9F2NO2S. The van der Waals surface area contributed by atoms with Crippen LogP contribution >= 0.6 is 11.3 Å². The zero-order chi connectivity index (χ0) is 13.1. The molecule has 0 fully saturated rings. The minimum atomic E-state index is -1.18. The molecule has 1 heterocycles. The van der Waals surface area contributed by atoms with Crippen LogP contribution in [0, 0.1) is 11.6 Å². The van der Waals surface area contributed by atoms with Crippen LogP contribution in [0.3, 0.4) is 0 Å². The number of halogens is 2. The van der Waals surface area contributed by atoms with Crippen molar-refractivity contribution in [2.45, 2.75) is 6.54 Å². The number of carboxylic acid groups (broad SMARTS) is 1. The summed E-state index contributed by atoms with van der Waals surface area (Å²) in [6.45, 7) is -0.151. The van der Waals surface area contributed by atoms with E-state index in [0.717, 1.165) is 17.0 Å². The molecule has 0 saturated carbocycles. The average molecular weight is 269 g/mol. The van der Waals surface area contributed by atoms with Crippen molar-refractivity contribution < 1.29 is 18.7 Å². The highest BCUT2D eigenvalue weighted by Crippen LogP contribution is 2.24. The maximum Gasteiger partial charge on any atom is 0.412 e. The molecule has 0 aliphatic heterocycles. The molecule has 0 aliphatic rings. The maximum atomic E-state index is 13.5. The van der Waals surface area contributed by atoms with Crippen molar-refractivity contribution in [2.75, 3.05) is 4.90 Å². The molecule has 1 aromatic carbocycles. The first-order valence-electron chi connectivity index (χ1n) is 5.06. The number of hydrogen-bond donors (Lipinski definition) is 1.